The third kappa shape index (κ3) is 6.19. The lowest BCUT2D eigenvalue weighted by Crippen LogP contribution is -2.35. The Balaban J connectivity index is 1.56. The summed E-state index contributed by atoms with van der Waals surface area (Å²) in [5.41, 5.74) is 0. The van der Waals surface area contributed by atoms with E-state index < -0.39 is 0 Å². The fourth-order valence-corrected chi connectivity index (χ4v) is 4.42. The molecule has 1 aromatic carbocycles. The van der Waals surface area contributed by atoms with E-state index in [0.29, 0.717) is 35.1 Å². The normalized spacial score (nSPS) is 16.2. The molecular formula is C21H29FN4O2S. The Labute approximate surface area is 175 Å². The van der Waals surface area contributed by atoms with Crippen molar-refractivity contribution in [2.24, 2.45) is 0 Å². The average molecular weight is 421 g/mol. The minimum absolute atomic E-state index is 0.0460. The average Bonchev–Trinajstić information content (AvgIpc) is 2.96. The number of carbonyl (C=O) groups excluding carboxylic acids is 1. The van der Waals surface area contributed by atoms with Crippen LogP contribution in [-0.4, -0.2) is 32.5 Å². The molecule has 1 saturated carbocycles. The van der Waals surface area contributed by atoms with Gasteiger partial charge in [-0.3, -0.25) is 4.79 Å². The van der Waals surface area contributed by atoms with Gasteiger partial charge >= 0.3 is 0 Å². The van der Waals surface area contributed by atoms with Gasteiger partial charge in [0.25, 0.3) is 0 Å². The van der Waals surface area contributed by atoms with Crippen molar-refractivity contribution in [2.45, 2.75) is 76.2 Å². The van der Waals surface area contributed by atoms with Crippen LogP contribution in [0.5, 0.6) is 5.75 Å². The van der Waals surface area contributed by atoms with E-state index in [0.717, 1.165) is 12.8 Å². The molecule has 0 radical (unpaired) electrons. The van der Waals surface area contributed by atoms with Crippen LogP contribution in [0.4, 0.5) is 4.39 Å². The maximum atomic E-state index is 13.1. The van der Waals surface area contributed by atoms with Gasteiger partial charge in [0, 0.05) is 12.6 Å². The summed E-state index contributed by atoms with van der Waals surface area (Å²) in [6.45, 7) is 4.56. The third-order valence-corrected chi connectivity index (χ3v) is 6.07. The summed E-state index contributed by atoms with van der Waals surface area (Å²) in [6, 6.07) is 6.20. The van der Waals surface area contributed by atoms with Crippen LogP contribution < -0.4 is 10.1 Å². The second-order valence-corrected chi connectivity index (χ2v) is 8.29. The van der Waals surface area contributed by atoms with Crippen LogP contribution in [0.25, 0.3) is 0 Å². The van der Waals surface area contributed by atoms with E-state index in [1.165, 1.54) is 49.6 Å². The van der Waals surface area contributed by atoms with E-state index in [2.05, 4.69) is 15.5 Å². The van der Waals surface area contributed by atoms with Crippen LogP contribution in [0.1, 0.15) is 64.3 Å². The van der Waals surface area contributed by atoms with Crippen LogP contribution in [0.15, 0.2) is 29.4 Å². The minimum atomic E-state index is -0.345. The number of carbonyl (C=O) groups is 1. The smallest absolute Gasteiger partial charge is 0.230 e. The van der Waals surface area contributed by atoms with E-state index in [1.807, 2.05) is 18.4 Å². The molecule has 1 atom stereocenters. The number of amides is 1. The summed E-state index contributed by atoms with van der Waals surface area (Å²) in [7, 11) is 0. The lowest BCUT2D eigenvalue weighted by Gasteiger charge is -2.16. The van der Waals surface area contributed by atoms with Crippen molar-refractivity contribution in [1.29, 1.82) is 0 Å². The second kappa shape index (κ2) is 10.6. The zero-order chi connectivity index (χ0) is 20.6. The molecule has 8 heteroatoms. The zero-order valence-electron chi connectivity index (χ0n) is 17.1. The van der Waals surface area contributed by atoms with Gasteiger partial charge in [-0.15, -0.1) is 10.2 Å². The largest absolute Gasteiger partial charge is 0.483 e. The first kappa shape index (κ1) is 21.6. The molecule has 158 valence electrons. The molecule has 1 aromatic heterocycles. The van der Waals surface area contributed by atoms with Crippen molar-refractivity contribution in [3.63, 3.8) is 0 Å². The lowest BCUT2D eigenvalue weighted by molar-refractivity contribution is -0.119. The van der Waals surface area contributed by atoms with E-state index >= 15 is 0 Å². The van der Waals surface area contributed by atoms with Crippen molar-refractivity contribution in [3.8, 4) is 5.75 Å². The second-order valence-electron chi connectivity index (χ2n) is 7.34. The molecule has 3 rings (SSSR count). The molecule has 1 aliphatic rings. The molecule has 1 N–H and O–H groups in total. The molecular weight excluding hydrogens is 391 g/mol. The summed E-state index contributed by atoms with van der Waals surface area (Å²) < 4.78 is 20.9. The molecule has 1 unspecified atom stereocenters. The first-order valence-corrected chi connectivity index (χ1v) is 11.3. The Morgan fingerprint density at radius 3 is 2.59 bits per heavy atom. The van der Waals surface area contributed by atoms with Crippen molar-refractivity contribution in [1.82, 2.24) is 20.1 Å². The summed E-state index contributed by atoms with van der Waals surface area (Å²) >= 11 is 1.39. The molecule has 29 heavy (non-hydrogen) atoms. The number of rotatable bonds is 8. The number of nitrogens with zero attached hydrogens (tertiary/aromatic N) is 3. The molecule has 0 bridgehead atoms. The standard InChI is InChI=1S/C21H29FN4O2S/c1-3-26-20(15(2)28-18-12-10-16(22)11-13-18)24-25-21(26)29-14-19(27)23-17-8-6-4-5-7-9-17/h10-13,15,17H,3-9,14H2,1-2H3,(H,23,27). The molecule has 0 aliphatic heterocycles. The van der Waals surface area contributed by atoms with E-state index in [1.54, 1.807) is 12.1 Å². The van der Waals surface area contributed by atoms with Crippen molar-refractivity contribution in [2.75, 3.05) is 5.75 Å². The number of aromatic nitrogens is 3. The fraction of sp³-hybridized carbons (Fsp3) is 0.571. The maximum absolute atomic E-state index is 13.1. The molecule has 0 saturated heterocycles. The Hall–Kier alpha value is -2.09. The number of hydrogen-bond acceptors (Lipinski definition) is 5. The van der Waals surface area contributed by atoms with Crippen LogP contribution in [-0.2, 0) is 11.3 Å². The van der Waals surface area contributed by atoms with Gasteiger partial charge in [0.2, 0.25) is 5.91 Å². The van der Waals surface area contributed by atoms with Gasteiger partial charge in [-0.05, 0) is 51.0 Å². The van der Waals surface area contributed by atoms with Gasteiger partial charge in [0.1, 0.15) is 11.6 Å². The van der Waals surface area contributed by atoms with Crippen molar-refractivity contribution < 1.29 is 13.9 Å². The molecule has 1 fully saturated rings. The van der Waals surface area contributed by atoms with Crippen molar-refractivity contribution in [3.05, 3.63) is 35.9 Å². The SMILES string of the molecule is CCn1c(SCC(=O)NC2CCCCCC2)nnc1C(C)Oc1ccc(F)cc1. The topological polar surface area (TPSA) is 69.0 Å². The van der Waals surface area contributed by atoms with Crippen LogP contribution in [0.2, 0.25) is 0 Å². The molecule has 1 heterocycles. The van der Waals surface area contributed by atoms with Gasteiger partial charge in [-0.25, -0.2) is 4.39 Å². The van der Waals surface area contributed by atoms with E-state index in [9.17, 15) is 9.18 Å². The highest BCUT2D eigenvalue weighted by Gasteiger charge is 2.20. The molecule has 6 nitrogen and oxygen atoms in total. The number of nitrogens with one attached hydrogen (secondary N) is 1. The van der Waals surface area contributed by atoms with Crippen molar-refractivity contribution >= 4 is 17.7 Å². The Morgan fingerprint density at radius 1 is 1.24 bits per heavy atom. The van der Waals surface area contributed by atoms with Gasteiger partial charge in [-0.1, -0.05) is 37.4 Å². The Bertz CT molecular complexity index is 788. The van der Waals surface area contributed by atoms with E-state index in [4.69, 9.17) is 4.74 Å². The lowest BCUT2D eigenvalue weighted by atomic mass is 10.1. The zero-order valence-corrected chi connectivity index (χ0v) is 17.9. The number of ether oxygens (including phenoxy) is 1. The predicted octanol–water partition coefficient (Wildman–Crippen LogP) is 4.51. The maximum Gasteiger partial charge on any atom is 0.230 e. The van der Waals surface area contributed by atoms with Gasteiger partial charge < -0.3 is 14.6 Å². The number of hydrogen-bond donors (Lipinski definition) is 1. The third-order valence-electron chi connectivity index (χ3n) is 5.10. The van der Waals surface area contributed by atoms with Crippen LogP contribution in [0, 0.1) is 5.82 Å². The first-order valence-electron chi connectivity index (χ1n) is 10.3. The molecule has 2 aromatic rings. The van der Waals surface area contributed by atoms with Gasteiger partial charge in [0.05, 0.1) is 5.75 Å². The predicted molar refractivity (Wildman–Crippen MR) is 111 cm³/mol. The fourth-order valence-electron chi connectivity index (χ4n) is 3.60. The summed E-state index contributed by atoms with van der Waals surface area (Å²) in [4.78, 5) is 12.4. The number of benzene rings is 1. The minimum Gasteiger partial charge on any atom is -0.483 e. The molecule has 0 spiro atoms. The Kier molecular flexibility index (Phi) is 7.91. The summed E-state index contributed by atoms with van der Waals surface area (Å²) in [6.07, 6.45) is 6.72. The first-order chi connectivity index (χ1) is 14.1. The van der Waals surface area contributed by atoms with Gasteiger partial charge in [-0.2, -0.15) is 0 Å². The van der Waals surface area contributed by atoms with E-state index in [-0.39, 0.29) is 17.8 Å². The molecule has 1 amide bonds. The highest BCUT2D eigenvalue weighted by Crippen LogP contribution is 2.25. The highest BCUT2D eigenvalue weighted by molar-refractivity contribution is 7.99. The van der Waals surface area contributed by atoms with Crippen LogP contribution >= 0.6 is 11.8 Å². The van der Waals surface area contributed by atoms with Gasteiger partial charge in [0.15, 0.2) is 17.1 Å². The Morgan fingerprint density at radius 2 is 1.93 bits per heavy atom. The number of thioether (sulfide) groups is 1. The molecule has 1 aliphatic carbocycles. The summed E-state index contributed by atoms with van der Waals surface area (Å²) in [5, 5.41) is 12.4. The summed E-state index contributed by atoms with van der Waals surface area (Å²) in [5.74, 6) is 1.32. The number of halogens is 1. The highest BCUT2D eigenvalue weighted by atomic mass is 32.2. The monoisotopic (exact) mass is 420 g/mol. The quantitative estimate of drug-likeness (QED) is 0.503. The van der Waals surface area contributed by atoms with Crippen LogP contribution in [0.3, 0.4) is 0 Å².